The predicted molar refractivity (Wildman–Crippen MR) is 83.8 cm³/mol. The third-order valence-corrected chi connectivity index (χ3v) is 3.50. The van der Waals surface area contributed by atoms with Gasteiger partial charge in [-0.2, -0.15) is 0 Å². The van der Waals surface area contributed by atoms with Gasteiger partial charge in [-0.1, -0.05) is 11.6 Å². The first-order chi connectivity index (χ1) is 9.63. The molecule has 0 amide bonds. The van der Waals surface area contributed by atoms with Crippen molar-refractivity contribution in [3.05, 3.63) is 45.7 Å². The van der Waals surface area contributed by atoms with Crippen LogP contribution in [0.3, 0.4) is 0 Å². The second-order valence-electron chi connectivity index (χ2n) is 4.02. The molecule has 0 aliphatic rings. The number of pyridine rings is 1. The fourth-order valence-corrected chi connectivity index (χ4v) is 2.24. The molecule has 1 heterocycles. The minimum atomic E-state index is 0.431. The van der Waals surface area contributed by atoms with Crippen molar-refractivity contribution in [3.63, 3.8) is 0 Å². The third-order valence-electron chi connectivity index (χ3n) is 2.77. The molecular formula is C14H14BrClN2O2. The van der Waals surface area contributed by atoms with Gasteiger partial charge in [0.2, 0.25) is 0 Å². The quantitative estimate of drug-likeness (QED) is 0.817. The molecular weight excluding hydrogens is 344 g/mol. The van der Waals surface area contributed by atoms with Gasteiger partial charge in [0.25, 0.3) is 0 Å². The summed E-state index contributed by atoms with van der Waals surface area (Å²) in [6, 6.07) is 7.56. The first-order valence-corrected chi connectivity index (χ1v) is 7.07. The van der Waals surface area contributed by atoms with E-state index < -0.39 is 0 Å². The Balaban J connectivity index is 2.16. The number of anilines is 1. The first kappa shape index (κ1) is 14.9. The maximum Gasteiger partial charge on any atom is 0.152 e. The summed E-state index contributed by atoms with van der Waals surface area (Å²) in [4.78, 5) is 4.07. The van der Waals surface area contributed by atoms with Crippen LogP contribution in [0.5, 0.6) is 11.5 Å². The Kier molecular flexibility index (Phi) is 5.09. The average Bonchev–Trinajstić information content (AvgIpc) is 2.48. The summed E-state index contributed by atoms with van der Waals surface area (Å²) in [5, 5.41) is 3.67. The standard InChI is InChI=1S/C14H14BrClN2O2/c1-19-11-4-3-9(13(6-11)20-2)7-17-12-5-10(15)8-18-14(12)16/h3-6,8,17H,7H2,1-2H3. The summed E-state index contributed by atoms with van der Waals surface area (Å²) in [5.74, 6) is 1.52. The Hall–Kier alpha value is -1.46. The molecule has 6 heteroatoms. The van der Waals surface area contributed by atoms with Crippen LogP contribution in [0.25, 0.3) is 0 Å². The predicted octanol–water partition coefficient (Wildman–Crippen LogP) is 4.13. The number of rotatable bonds is 5. The van der Waals surface area contributed by atoms with E-state index in [0.29, 0.717) is 11.7 Å². The topological polar surface area (TPSA) is 43.4 Å². The molecule has 0 saturated heterocycles. The van der Waals surface area contributed by atoms with Crippen molar-refractivity contribution in [3.8, 4) is 11.5 Å². The summed E-state index contributed by atoms with van der Waals surface area (Å²) >= 11 is 9.41. The lowest BCUT2D eigenvalue weighted by Gasteiger charge is -2.12. The molecule has 20 heavy (non-hydrogen) atoms. The Labute approximate surface area is 131 Å². The van der Waals surface area contributed by atoms with Crippen LogP contribution in [0.15, 0.2) is 34.9 Å². The summed E-state index contributed by atoms with van der Waals surface area (Å²) < 4.78 is 11.4. The molecule has 1 aromatic carbocycles. The van der Waals surface area contributed by atoms with E-state index in [1.54, 1.807) is 20.4 Å². The van der Waals surface area contributed by atoms with Gasteiger partial charge in [0.15, 0.2) is 5.15 Å². The Morgan fingerprint density at radius 2 is 2.05 bits per heavy atom. The average molecular weight is 358 g/mol. The molecule has 1 N–H and O–H groups in total. The van der Waals surface area contributed by atoms with Crippen LogP contribution in [-0.4, -0.2) is 19.2 Å². The molecule has 0 aliphatic carbocycles. The first-order valence-electron chi connectivity index (χ1n) is 5.90. The molecule has 2 rings (SSSR count). The van der Waals surface area contributed by atoms with Crippen molar-refractivity contribution in [2.24, 2.45) is 0 Å². The van der Waals surface area contributed by atoms with E-state index in [1.807, 2.05) is 24.3 Å². The molecule has 0 fully saturated rings. The smallest absolute Gasteiger partial charge is 0.152 e. The number of hydrogen-bond donors (Lipinski definition) is 1. The van der Waals surface area contributed by atoms with Gasteiger partial charge in [0, 0.05) is 28.8 Å². The van der Waals surface area contributed by atoms with Crippen molar-refractivity contribution >= 4 is 33.2 Å². The molecule has 1 aromatic heterocycles. The van der Waals surface area contributed by atoms with Gasteiger partial charge in [-0.25, -0.2) is 4.98 Å². The van der Waals surface area contributed by atoms with Crippen molar-refractivity contribution in [1.82, 2.24) is 4.98 Å². The van der Waals surface area contributed by atoms with E-state index in [0.717, 1.165) is 27.2 Å². The van der Waals surface area contributed by atoms with Gasteiger partial charge in [0.05, 0.1) is 19.9 Å². The fourth-order valence-electron chi connectivity index (χ4n) is 1.73. The number of benzene rings is 1. The van der Waals surface area contributed by atoms with Crippen LogP contribution in [-0.2, 0) is 6.54 Å². The number of halogens is 2. The van der Waals surface area contributed by atoms with Gasteiger partial charge in [-0.3, -0.25) is 0 Å². The summed E-state index contributed by atoms with van der Waals surface area (Å²) in [7, 11) is 3.26. The molecule has 106 valence electrons. The van der Waals surface area contributed by atoms with Crippen LogP contribution < -0.4 is 14.8 Å². The second kappa shape index (κ2) is 6.81. The van der Waals surface area contributed by atoms with E-state index in [9.17, 15) is 0 Å². The van der Waals surface area contributed by atoms with Gasteiger partial charge < -0.3 is 14.8 Å². The number of nitrogens with one attached hydrogen (secondary N) is 1. The van der Waals surface area contributed by atoms with Crippen LogP contribution in [0.4, 0.5) is 5.69 Å². The molecule has 2 aromatic rings. The highest BCUT2D eigenvalue weighted by Crippen LogP contribution is 2.27. The lowest BCUT2D eigenvalue weighted by molar-refractivity contribution is 0.391. The SMILES string of the molecule is COc1ccc(CNc2cc(Br)cnc2Cl)c(OC)c1. The van der Waals surface area contributed by atoms with Gasteiger partial charge in [0.1, 0.15) is 11.5 Å². The molecule has 0 spiro atoms. The number of ether oxygens (including phenoxy) is 2. The van der Waals surface area contributed by atoms with Crippen LogP contribution in [0, 0.1) is 0 Å². The highest BCUT2D eigenvalue weighted by Gasteiger charge is 2.07. The van der Waals surface area contributed by atoms with Gasteiger partial charge in [-0.15, -0.1) is 0 Å². The minimum absolute atomic E-state index is 0.431. The molecule has 0 saturated carbocycles. The lowest BCUT2D eigenvalue weighted by atomic mass is 10.2. The number of methoxy groups -OCH3 is 2. The van der Waals surface area contributed by atoms with E-state index in [2.05, 4.69) is 26.2 Å². The van der Waals surface area contributed by atoms with Crippen molar-refractivity contribution in [2.45, 2.75) is 6.54 Å². The van der Waals surface area contributed by atoms with E-state index in [4.69, 9.17) is 21.1 Å². The maximum absolute atomic E-state index is 6.04. The minimum Gasteiger partial charge on any atom is -0.497 e. The zero-order valence-electron chi connectivity index (χ0n) is 11.1. The van der Waals surface area contributed by atoms with Crippen molar-refractivity contribution in [2.75, 3.05) is 19.5 Å². The van der Waals surface area contributed by atoms with E-state index in [1.165, 1.54) is 0 Å². The van der Waals surface area contributed by atoms with Crippen LogP contribution in [0.1, 0.15) is 5.56 Å². The number of aromatic nitrogens is 1. The van der Waals surface area contributed by atoms with Crippen molar-refractivity contribution in [1.29, 1.82) is 0 Å². The Bertz CT molecular complexity index is 608. The summed E-state index contributed by atoms with van der Waals surface area (Å²) in [6.45, 7) is 0.574. The molecule has 0 atom stereocenters. The van der Waals surface area contributed by atoms with Crippen molar-refractivity contribution < 1.29 is 9.47 Å². The zero-order valence-corrected chi connectivity index (χ0v) is 13.5. The summed E-state index contributed by atoms with van der Waals surface area (Å²) in [6.07, 6.45) is 1.65. The molecule has 0 radical (unpaired) electrons. The second-order valence-corrected chi connectivity index (χ2v) is 5.30. The number of hydrogen-bond acceptors (Lipinski definition) is 4. The number of nitrogens with zero attached hydrogens (tertiary/aromatic N) is 1. The van der Waals surface area contributed by atoms with E-state index in [-0.39, 0.29) is 0 Å². The normalized spacial score (nSPS) is 10.2. The largest absolute Gasteiger partial charge is 0.497 e. The lowest BCUT2D eigenvalue weighted by Crippen LogP contribution is -2.03. The van der Waals surface area contributed by atoms with Crippen LogP contribution in [0.2, 0.25) is 5.15 Å². The third kappa shape index (κ3) is 3.55. The molecule has 4 nitrogen and oxygen atoms in total. The molecule has 0 bridgehead atoms. The molecule has 0 aliphatic heterocycles. The highest BCUT2D eigenvalue weighted by molar-refractivity contribution is 9.10. The zero-order chi connectivity index (χ0) is 14.5. The van der Waals surface area contributed by atoms with Crippen LogP contribution >= 0.6 is 27.5 Å². The monoisotopic (exact) mass is 356 g/mol. The Morgan fingerprint density at radius 3 is 2.75 bits per heavy atom. The Morgan fingerprint density at radius 1 is 1.25 bits per heavy atom. The fraction of sp³-hybridized carbons (Fsp3) is 0.214. The highest BCUT2D eigenvalue weighted by atomic mass is 79.9. The summed E-state index contributed by atoms with van der Waals surface area (Å²) in [5.41, 5.74) is 1.77. The van der Waals surface area contributed by atoms with Gasteiger partial charge >= 0.3 is 0 Å². The maximum atomic E-state index is 6.04. The van der Waals surface area contributed by atoms with Gasteiger partial charge in [-0.05, 0) is 34.1 Å². The van der Waals surface area contributed by atoms with E-state index >= 15 is 0 Å². The molecule has 0 unspecified atom stereocenters.